The quantitative estimate of drug-likeness (QED) is 0.661. The molecule has 0 bridgehead atoms. The van der Waals surface area contributed by atoms with Gasteiger partial charge in [0.2, 0.25) is 0 Å². The summed E-state index contributed by atoms with van der Waals surface area (Å²) >= 11 is 3.47. The second-order valence-corrected chi connectivity index (χ2v) is 6.47. The van der Waals surface area contributed by atoms with Gasteiger partial charge in [-0.1, -0.05) is 30.3 Å². The van der Waals surface area contributed by atoms with Crippen LogP contribution in [0, 0.1) is 13.8 Å². The van der Waals surface area contributed by atoms with Crippen molar-refractivity contribution in [1.29, 1.82) is 0 Å². The molecule has 0 saturated carbocycles. The van der Waals surface area contributed by atoms with Gasteiger partial charge in [0, 0.05) is 10.2 Å². The zero-order valence-electron chi connectivity index (χ0n) is 13.9. The Morgan fingerprint density at radius 2 is 1.68 bits per heavy atom. The highest BCUT2D eigenvalue weighted by molar-refractivity contribution is 9.10. The van der Waals surface area contributed by atoms with E-state index in [0.29, 0.717) is 5.82 Å². The van der Waals surface area contributed by atoms with Gasteiger partial charge in [0.1, 0.15) is 11.5 Å². The summed E-state index contributed by atoms with van der Waals surface area (Å²) in [6.07, 6.45) is 3.00. The molecule has 0 spiro atoms. The molecule has 0 saturated heterocycles. The number of amides is 1. The lowest BCUT2D eigenvalue weighted by molar-refractivity contribution is 0.102. The Labute approximate surface area is 154 Å². The van der Waals surface area contributed by atoms with Crippen LogP contribution >= 0.6 is 15.9 Å². The summed E-state index contributed by atoms with van der Waals surface area (Å²) in [6.45, 7) is 3.91. The van der Waals surface area contributed by atoms with E-state index >= 15 is 0 Å². The summed E-state index contributed by atoms with van der Waals surface area (Å²) in [5.74, 6) is 0.285. The van der Waals surface area contributed by atoms with Crippen LogP contribution in [0.5, 0.6) is 0 Å². The maximum absolute atomic E-state index is 12.4. The van der Waals surface area contributed by atoms with Gasteiger partial charge in [-0.2, -0.15) is 0 Å². The minimum Gasteiger partial charge on any atom is -0.338 e. The summed E-state index contributed by atoms with van der Waals surface area (Å²) < 4.78 is 0.925. The average Bonchev–Trinajstić information content (AvgIpc) is 2.61. The highest BCUT2D eigenvalue weighted by atomic mass is 79.9. The molecule has 2 N–H and O–H groups in total. The smallest absolute Gasteiger partial charge is 0.275 e. The molecule has 0 radical (unpaired) electrons. The molecular weight excluding hydrogens is 380 g/mol. The third kappa shape index (κ3) is 4.03. The van der Waals surface area contributed by atoms with Gasteiger partial charge in [-0.05, 0) is 53.0 Å². The largest absolute Gasteiger partial charge is 0.338 e. The molecule has 0 aliphatic carbocycles. The number of anilines is 3. The van der Waals surface area contributed by atoms with Crippen LogP contribution in [0.4, 0.5) is 17.2 Å². The van der Waals surface area contributed by atoms with Gasteiger partial charge >= 0.3 is 0 Å². The van der Waals surface area contributed by atoms with Gasteiger partial charge in [0.05, 0.1) is 18.1 Å². The van der Waals surface area contributed by atoms with E-state index in [1.807, 2.05) is 56.3 Å². The molecule has 3 aromatic rings. The van der Waals surface area contributed by atoms with Crippen molar-refractivity contribution in [3.05, 3.63) is 76.2 Å². The topological polar surface area (TPSA) is 66.9 Å². The summed E-state index contributed by atoms with van der Waals surface area (Å²) in [6, 6.07) is 13.6. The van der Waals surface area contributed by atoms with Crippen LogP contribution < -0.4 is 10.6 Å². The lowest BCUT2D eigenvalue weighted by Gasteiger charge is -2.11. The van der Waals surface area contributed by atoms with Crippen LogP contribution in [0.3, 0.4) is 0 Å². The van der Waals surface area contributed by atoms with Crippen molar-refractivity contribution < 1.29 is 4.79 Å². The van der Waals surface area contributed by atoms with Crippen LogP contribution in [0.25, 0.3) is 0 Å². The van der Waals surface area contributed by atoms with E-state index in [9.17, 15) is 4.79 Å². The SMILES string of the molecule is Cc1cccc(C)c1NC(=O)c1cnc(Nc2ccccc2Br)cn1. The number of aryl methyl sites for hydroxylation is 2. The van der Waals surface area contributed by atoms with Crippen molar-refractivity contribution in [1.82, 2.24) is 9.97 Å². The van der Waals surface area contributed by atoms with Crippen molar-refractivity contribution >= 4 is 39.0 Å². The number of aromatic nitrogens is 2. The Balaban J connectivity index is 1.74. The normalized spacial score (nSPS) is 10.4. The molecule has 0 aliphatic rings. The summed E-state index contributed by atoms with van der Waals surface area (Å²) in [5, 5.41) is 6.06. The fourth-order valence-electron chi connectivity index (χ4n) is 2.40. The van der Waals surface area contributed by atoms with Crippen molar-refractivity contribution in [3.8, 4) is 0 Å². The van der Waals surface area contributed by atoms with E-state index in [4.69, 9.17) is 0 Å². The van der Waals surface area contributed by atoms with E-state index < -0.39 is 0 Å². The van der Waals surface area contributed by atoms with Gasteiger partial charge in [0.15, 0.2) is 0 Å². The van der Waals surface area contributed by atoms with Crippen molar-refractivity contribution in [2.24, 2.45) is 0 Å². The molecular formula is C19H17BrN4O. The number of carbonyl (C=O) groups is 1. The fourth-order valence-corrected chi connectivity index (χ4v) is 2.78. The predicted molar refractivity (Wildman–Crippen MR) is 103 cm³/mol. The Hall–Kier alpha value is -2.73. The number of para-hydroxylation sites is 2. The lowest BCUT2D eigenvalue weighted by atomic mass is 10.1. The highest BCUT2D eigenvalue weighted by Gasteiger charge is 2.11. The standard InChI is InChI=1S/C19H17BrN4O/c1-12-6-5-7-13(2)18(12)24-19(25)16-10-22-17(11-21-16)23-15-9-4-3-8-14(15)20/h3-11H,1-2H3,(H,22,23)(H,24,25). The number of halogens is 1. The third-order valence-corrected chi connectivity index (χ3v) is 4.43. The van der Waals surface area contributed by atoms with Crippen LogP contribution in [0.1, 0.15) is 21.6 Å². The Morgan fingerprint density at radius 3 is 2.32 bits per heavy atom. The second kappa shape index (κ2) is 7.44. The summed E-state index contributed by atoms with van der Waals surface area (Å²) in [5.41, 5.74) is 3.97. The monoisotopic (exact) mass is 396 g/mol. The van der Waals surface area contributed by atoms with Gasteiger partial charge < -0.3 is 10.6 Å². The first-order valence-corrected chi connectivity index (χ1v) is 8.55. The van der Waals surface area contributed by atoms with Crippen molar-refractivity contribution in [3.63, 3.8) is 0 Å². The first-order chi connectivity index (χ1) is 12.0. The van der Waals surface area contributed by atoms with Gasteiger partial charge in [0.25, 0.3) is 5.91 Å². The summed E-state index contributed by atoms with van der Waals surface area (Å²) in [4.78, 5) is 20.9. The predicted octanol–water partition coefficient (Wildman–Crippen LogP) is 4.85. The molecule has 3 rings (SSSR count). The molecule has 0 atom stereocenters. The highest BCUT2D eigenvalue weighted by Crippen LogP contribution is 2.24. The number of hydrogen-bond donors (Lipinski definition) is 2. The fraction of sp³-hybridized carbons (Fsp3) is 0.105. The van der Waals surface area contributed by atoms with Crippen LogP contribution in [-0.4, -0.2) is 15.9 Å². The Kier molecular flexibility index (Phi) is 5.09. The van der Waals surface area contributed by atoms with Crippen LogP contribution in [-0.2, 0) is 0 Å². The molecule has 0 unspecified atom stereocenters. The molecule has 1 amide bonds. The molecule has 2 aromatic carbocycles. The Bertz CT molecular complexity index is 889. The number of rotatable bonds is 4. The molecule has 0 aliphatic heterocycles. The summed E-state index contributed by atoms with van der Waals surface area (Å²) in [7, 11) is 0. The molecule has 25 heavy (non-hydrogen) atoms. The zero-order chi connectivity index (χ0) is 17.8. The van der Waals surface area contributed by atoms with E-state index in [1.54, 1.807) is 6.20 Å². The first kappa shape index (κ1) is 17.1. The van der Waals surface area contributed by atoms with Gasteiger partial charge in [-0.3, -0.25) is 4.79 Å². The minimum absolute atomic E-state index is 0.264. The van der Waals surface area contributed by atoms with E-state index in [-0.39, 0.29) is 11.6 Å². The molecule has 1 aromatic heterocycles. The number of nitrogens with one attached hydrogen (secondary N) is 2. The molecule has 6 heteroatoms. The number of carbonyl (C=O) groups excluding carboxylic acids is 1. The molecule has 126 valence electrons. The third-order valence-electron chi connectivity index (χ3n) is 3.74. The Morgan fingerprint density at radius 1 is 0.960 bits per heavy atom. The average molecular weight is 397 g/mol. The zero-order valence-corrected chi connectivity index (χ0v) is 15.5. The molecule has 0 fully saturated rings. The minimum atomic E-state index is -0.280. The van der Waals surface area contributed by atoms with Crippen molar-refractivity contribution in [2.75, 3.05) is 10.6 Å². The van der Waals surface area contributed by atoms with E-state index in [0.717, 1.165) is 27.0 Å². The van der Waals surface area contributed by atoms with E-state index in [2.05, 4.69) is 36.5 Å². The van der Waals surface area contributed by atoms with Gasteiger partial charge in [-0.15, -0.1) is 0 Å². The first-order valence-electron chi connectivity index (χ1n) is 7.76. The lowest BCUT2D eigenvalue weighted by Crippen LogP contribution is -2.15. The number of hydrogen-bond acceptors (Lipinski definition) is 4. The number of nitrogens with zero attached hydrogens (tertiary/aromatic N) is 2. The second-order valence-electron chi connectivity index (χ2n) is 5.61. The van der Waals surface area contributed by atoms with Crippen LogP contribution in [0.2, 0.25) is 0 Å². The van der Waals surface area contributed by atoms with Crippen LogP contribution in [0.15, 0.2) is 59.3 Å². The maximum Gasteiger partial charge on any atom is 0.275 e. The van der Waals surface area contributed by atoms with E-state index in [1.165, 1.54) is 6.20 Å². The number of benzene rings is 2. The molecule has 5 nitrogen and oxygen atoms in total. The maximum atomic E-state index is 12.4. The van der Waals surface area contributed by atoms with Crippen molar-refractivity contribution in [2.45, 2.75) is 13.8 Å². The molecule has 1 heterocycles. The van der Waals surface area contributed by atoms with Gasteiger partial charge in [-0.25, -0.2) is 9.97 Å².